The van der Waals surface area contributed by atoms with Crippen LogP contribution in [-0.4, -0.2) is 15.1 Å². The van der Waals surface area contributed by atoms with Crippen LogP contribution in [0.1, 0.15) is 38.1 Å². The van der Waals surface area contributed by atoms with Crippen molar-refractivity contribution in [3.05, 3.63) is 30.3 Å². The summed E-state index contributed by atoms with van der Waals surface area (Å²) < 4.78 is 5.15. The topological polar surface area (TPSA) is 77.8 Å². The highest BCUT2D eigenvalue weighted by Gasteiger charge is 2.15. The van der Waals surface area contributed by atoms with Gasteiger partial charge in [0.1, 0.15) is 5.69 Å². The molecule has 2 aromatic rings. The predicted molar refractivity (Wildman–Crippen MR) is 64.0 cm³/mol. The molecule has 0 aliphatic rings. The lowest BCUT2D eigenvalue weighted by atomic mass is 10.1. The Labute approximate surface area is 100 Å². The second kappa shape index (κ2) is 5.54. The van der Waals surface area contributed by atoms with Gasteiger partial charge in [-0.05, 0) is 18.6 Å². The first-order chi connectivity index (χ1) is 8.31. The van der Waals surface area contributed by atoms with E-state index in [-0.39, 0.29) is 6.04 Å². The Morgan fingerprint density at radius 2 is 2.29 bits per heavy atom. The van der Waals surface area contributed by atoms with E-state index in [4.69, 9.17) is 10.3 Å². The van der Waals surface area contributed by atoms with Crippen molar-refractivity contribution in [1.82, 2.24) is 15.1 Å². The maximum atomic E-state index is 5.96. The van der Waals surface area contributed by atoms with Crippen LogP contribution in [0.3, 0.4) is 0 Å². The van der Waals surface area contributed by atoms with Gasteiger partial charge in [-0.15, -0.1) is 0 Å². The number of rotatable bonds is 5. The zero-order chi connectivity index (χ0) is 12.1. The molecule has 2 heterocycles. The highest BCUT2D eigenvalue weighted by atomic mass is 16.5. The molecule has 0 amide bonds. The maximum Gasteiger partial charge on any atom is 0.243 e. The highest BCUT2D eigenvalue weighted by molar-refractivity contribution is 5.47. The van der Waals surface area contributed by atoms with E-state index in [2.05, 4.69) is 22.0 Å². The molecule has 17 heavy (non-hydrogen) atoms. The van der Waals surface area contributed by atoms with Crippen LogP contribution in [0.25, 0.3) is 11.5 Å². The van der Waals surface area contributed by atoms with Crippen molar-refractivity contribution < 1.29 is 4.52 Å². The quantitative estimate of drug-likeness (QED) is 0.855. The van der Waals surface area contributed by atoms with E-state index in [0.29, 0.717) is 17.4 Å². The molecular formula is C12H16N4O. The summed E-state index contributed by atoms with van der Waals surface area (Å²) in [7, 11) is 0. The molecule has 0 bridgehead atoms. The molecule has 1 atom stereocenters. The smallest absolute Gasteiger partial charge is 0.243 e. The summed E-state index contributed by atoms with van der Waals surface area (Å²) in [5.41, 5.74) is 6.66. The van der Waals surface area contributed by atoms with Crippen molar-refractivity contribution in [2.24, 2.45) is 5.73 Å². The van der Waals surface area contributed by atoms with E-state index in [1.165, 1.54) is 0 Å². The highest BCUT2D eigenvalue weighted by Crippen LogP contribution is 2.18. The van der Waals surface area contributed by atoms with Crippen LogP contribution in [-0.2, 0) is 0 Å². The minimum atomic E-state index is -0.181. The van der Waals surface area contributed by atoms with Crippen molar-refractivity contribution in [2.45, 2.75) is 32.2 Å². The van der Waals surface area contributed by atoms with Gasteiger partial charge in [0.25, 0.3) is 0 Å². The van der Waals surface area contributed by atoms with Gasteiger partial charge in [-0.25, -0.2) is 0 Å². The number of nitrogens with two attached hydrogens (primary N) is 1. The molecule has 0 saturated heterocycles. The zero-order valence-electron chi connectivity index (χ0n) is 9.84. The minimum absolute atomic E-state index is 0.181. The third-order valence-corrected chi connectivity index (χ3v) is 2.52. The summed E-state index contributed by atoms with van der Waals surface area (Å²) in [4.78, 5) is 8.43. The molecule has 5 nitrogen and oxygen atoms in total. The Morgan fingerprint density at radius 3 is 3.00 bits per heavy atom. The Balaban J connectivity index is 2.11. The first-order valence-corrected chi connectivity index (χ1v) is 5.82. The number of aromatic nitrogens is 3. The summed E-state index contributed by atoms with van der Waals surface area (Å²) in [6.45, 7) is 2.12. The van der Waals surface area contributed by atoms with Gasteiger partial charge in [-0.1, -0.05) is 31.0 Å². The number of unbranched alkanes of at least 4 members (excludes halogenated alkanes) is 1. The van der Waals surface area contributed by atoms with E-state index >= 15 is 0 Å². The van der Waals surface area contributed by atoms with Crippen LogP contribution >= 0.6 is 0 Å². The third kappa shape index (κ3) is 2.88. The maximum absolute atomic E-state index is 5.96. The number of hydrogen-bond acceptors (Lipinski definition) is 5. The van der Waals surface area contributed by atoms with Crippen molar-refractivity contribution in [3.8, 4) is 11.5 Å². The van der Waals surface area contributed by atoms with Crippen LogP contribution in [0.2, 0.25) is 0 Å². The van der Waals surface area contributed by atoms with E-state index in [1.54, 1.807) is 6.20 Å². The second-order valence-electron chi connectivity index (χ2n) is 3.92. The fraction of sp³-hybridized carbons (Fsp3) is 0.417. The minimum Gasteiger partial charge on any atom is -0.337 e. The van der Waals surface area contributed by atoms with Crippen LogP contribution in [0.5, 0.6) is 0 Å². The number of pyridine rings is 1. The molecular weight excluding hydrogens is 216 g/mol. The molecule has 2 rings (SSSR count). The van der Waals surface area contributed by atoms with E-state index < -0.39 is 0 Å². The molecule has 0 saturated carbocycles. The number of hydrogen-bond donors (Lipinski definition) is 1. The van der Waals surface area contributed by atoms with Crippen molar-refractivity contribution in [2.75, 3.05) is 0 Å². The Kier molecular flexibility index (Phi) is 3.82. The largest absolute Gasteiger partial charge is 0.337 e. The van der Waals surface area contributed by atoms with Crippen LogP contribution in [0.15, 0.2) is 28.9 Å². The fourth-order valence-corrected chi connectivity index (χ4v) is 1.53. The summed E-state index contributed by atoms with van der Waals surface area (Å²) in [6.07, 6.45) is 4.72. The van der Waals surface area contributed by atoms with Crippen molar-refractivity contribution >= 4 is 0 Å². The summed E-state index contributed by atoms with van der Waals surface area (Å²) in [5, 5.41) is 3.89. The predicted octanol–water partition coefficient (Wildman–Crippen LogP) is 2.32. The standard InChI is InChI=1S/C12H16N4O/c1-2-3-6-9(13)12-15-11(16-17-12)10-7-4-5-8-14-10/h4-5,7-9H,2-3,6,13H2,1H3/t9-/m0/s1. The lowest BCUT2D eigenvalue weighted by Crippen LogP contribution is -2.10. The van der Waals surface area contributed by atoms with E-state index in [1.807, 2.05) is 18.2 Å². The van der Waals surface area contributed by atoms with E-state index in [0.717, 1.165) is 19.3 Å². The fourth-order valence-electron chi connectivity index (χ4n) is 1.53. The van der Waals surface area contributed by atoms with Gasteiger partial charge < -0.3 is 10.3 Å². The normalized spacial score (nSPS) is 12.6. The van der Waals surface area contributed by atoms with Gasteiger partial charge >= 0.3 is 0 Å². The SMILES string of the molecule is CCCC[C@H](N)c1nc(-c2ccccn2)no1. The summed E-state index contributed by atoms with van der Waals surface area (Å²) >= 11 is 0. The van der Waals surface area contributed by atoms with Crippen LogP contribution in [0, 0.1) is 0 Å². The lowest BCUT2D eigenvalue weighted by Gasteiger charge is -2.03. The van der Waals surface area contributed by atoms with Gasteiger partial charge in [-0.2, -0.15) is 4.98 Å². The molecule has 90 valence electrons. The number of nitrogens with zero attached hydrogens (tertiary/aromatic N) is 3. The van der Waals surface area contributed by atoms with Crippen molar-refractivity contribution in [3.63, 3.8) is 0 Å². The molecule has 0 aliphatic carbocycles. The first kappa shape index (κ1) is 11.7. The summed E-state index contributed by atoms with van der Waals surface area (Å²) in [6, 6.07) is 5.39. The lowest BCUT2D eigenvalue weighted by molar-refractivity contribution is 0.346. The van der Waals surface area contributed by atoms with Crippen LogP contribution < -0.4 is 5.73 Å². The van der Waals surface area contributed by atoms with E-state index in [9.17, 15) is 0 Å². The van der Waals surface area contributed by atoms with Gasteiger partial charge in [0, 0.05) is 6.20 Å². The monoisotopic (exact) mass is 232 g/mol. The van der Waals surface area contributed by atoms with Crippen LogP contribution in [0.4, 0.5) is 0 Å². The molecule has 2 N–H and O–H groups in total. The Hall–Kier alpha value is -1.75. The average Bonchev–Trinajstić information content (AvgIpc) is 2.86. The molecule has 2 aromatic heterocycles. The molecule has 0 aromatic carbocycles. The van der Waals surface area contributed by atoms with Crippen molar-refractivity contribution in [1.29, 1.82) is 0 Å². The molecule has 0 spiro atoms. The summed E-state index contributed by atoms with van der Waals surface area (Å²) in [5.74, 6) is 0.978. The second-order valence-corrected chi connectivity index (χ2v) is 3.92. The first-order valence-electron chi connectivity index (χ1n) is 5.82. The molecule has 5 heteroatoms. The Bertz CT molecular complexity index is 455. The molecule has 0 radical (unpaired) electrons. The van der Waals surface area contributed by atoms with Gasteiger partial charge in [0.2, 0.25) is 11.7 Å². The molecule has 0 unspecified atom stereocenters. The third-order valence-electron chi connectivity index (χ3n) is 2.52. The van der Waals surface area contributed by atoms with Gasteiger partial charge in [-0.3, -0.25) is 4.98 Å². The van der Waals surface area contributed by atoms with Gasteiger partial charge in [0.05, 0.1) is 6.04 Å². The molecule has 0 aliphatic heterocycles. The molecule has 0 fully saturated rings. The zero-order valence-corrected chi connectivity index (χ0v) is 9.84. The average molecular weight is 232 g/mol. The van der Waals surface area contributed by atoms with Gasteiger partial charge in [0.15, 0.2) is 0 Å². The Morgan fingerprint density at radius 1 is 1.41 bits per heavy atom.